The van der Waals surface area contributed by atoms with Crippen molar-refractivity contribution in [2.24, 2.45) is 0 Å². The predicted octanol–water partition coefficient (Wildman–Crippen LogP) is 3.21. The second kappa shape index (κ2) is 7.59. The van der Waals surface area contributed by atoms with Gasteiger partial charge in [-0.3, -0.25) is 4.79 Å². The molecule has 0 radical (unpaired) electrons. The highest BCUT2D eigenvalue weighted by atomic mass is 16.5. The summed E-state index contributed by atoms with van der Waals surface area (Å²) in [5.41, 5.74) is 4.60. The van der Waals surface area contributed by atoms with Crippen molar-refractivity contribution in [3.63, 3.8) is 0 Å². The maximum atomic E-state index is 12.5. The van der Waals surface area contributed by atoms with Gasteiger partial charge in [-0.25, -0.2) is 4.98 Å². The van der Waals surface area contributed by atoms with Crippen LogP contribution < -0.4 is 15.0 Å². The van der Waals surface area contributed by atoms with E-state index in [0.29, 0.717) is 12.3 Å². The van der Waals surface area contributed by atoms with E-state index in [1.165, 1.54) is 18.4 Å². The Kier molecular flexibility index (Phi) is 5.01. The first kappa shape index (κ1) is 17.8. The Balaban J connectivity index is 1.32. The van der Waals surface area contributed by atoms with Crippen LogP contribution in [-0.2, 0) is 11.2 Å². The zero-order valence-corrected chi connectivity index (χ0v) is 16.1. The van der Waals surface area contributed by atoms with Gasteiger partial charge in [-0.15, -0.1) is 0 Å². The van der Waals surface area contributed by atoms with E-state index in [0.717, 1.165) is 42.2 Å². The van der Waals surface area contributed by atoms with Gasteiger partial charge in [0.2, 0.25) is 11.8 Å². The van der Waals surface area contributed by atoms with Crippen LogP contribution in [0.15, 0.2) is 36.5 Å². The first-order valence-electron chi connectivity index (χ1n) is 9.76. The summed E-state index contributed by atoms with van der Waals surface area (Å²) in [4.78, 5) is 19.1. The number of aromatic nitrogens is 1. The molecule has 1 aromatic carbocycles. The van der Waals surface area contributed by atoms with Gasteiger partial charge >= 0.3 is 0 Å². The van der Waals surface area contributed by atoms with Crippen molar-refractivity contribution >= 4 is 11.6 Å². The maximum absolute atomic E-state index is 12.5. The molecule has 5 nitrogen and oxygen atoms in total. The molecule has 1 aromatic heterocycles. The van der Waals surface area contributed by atoms with Crippen molar-refractivity contribution in [1.82, 2.24) is 10.3 Å². The lowest BCUT2D eigenvalue weighted by molar-refractivity contribution is -0.121. The summed E-state index contributed by atoms with van der Waals surface area (Å²) in [5.74, 6) is 1.49. The van der Waals surface area contributed by atoms with Crippen molar-refractivity contribution in [2.75, 3.05) is 25.1 Å². The number of benzene rings is 1. The van der Waals surface area contributed by atoms with E-state index >= 15 is 0 Å². The van der Waals surface area contributed by atoms with Gasteiger partial charge in [0.1, 0.15) is 5.69 Å². The SMILES string of the molecule is COc1ncc(C)cc1N1CC[C@@H](NC(=O)Cc2ccc(C3CC3)cc2)C1. The van der Waals surface area contributed by atoms with E-state index in [9.17, 15) is 4.79 Å². The first-order valence-corrected chi connectivity index (χ1v) is 9.76. The number of ether oxygens (including phenoxy) is 1. The molecule has 2 aliphatic rings. The Hall–Kier alpha value is -2.56. The molecule has 1 aliphatic heterocycles. The third kappa shape index (κ3) is 4.24. The van der Waals surface area contributed by atoms with E-state index in [4.69, 9.17) is 4.74 Å². The summed E-state index contributed by atoms with van der Waals surface area (Å²) in [6, 6.07) is 10.8. The zero-order chi connectivity index (χ0) is 18.8. The molecule has 2 aromatic rings. The second-order valence-electron chi connectivity index (χ2n) is 7.73. The van der Waals surface area contributed by atoms with Gasteiger partial charge < -0.3 is 15.0 Å². The fraction of sp³-hybridized carbons (Fsp3) is 0.455. The summed E-state index contributed by atoms with van der Waals surface area (Å²) in [7, 11) is 1.64. The molecule has 0 bridgehead atoms. The van der Waals surface area contributed by atoms with Crippen molar-refractivity contribution in [2.45, 2.75) is 44.6 Å². The minimum absolute atomic E-state index is 0.0929. The molecule has 4 rings (SSSR count). The van der Waals surface area contributed by atoms with Crippen LogP contribution in [0.2, 0.25) is 0 Å². The van der Waals surface area contributed by atoms with Gasteiger partial charge in [0, 0.05) is 25.3 Å². The predicted molar refractivity (Wildman–Crippen MR) is 106 cm³/mol. The number of amides is 1. The molecule has 27 heavy (non-hydrogen) atoms. The van der Waals surface area contributed by atoms with Crippen LogP contribution in [0.4, 0.5) is 5.69 Å². The number of hydrogen-bond acceptors (Lipinski definition) is 4. The highest BCUT2D eigenvalue weighted by molar-refractivity contribution is 5.79. The number of nitrogens with zero attached hydrogens (tertiary/aromatic N) is 2. The van der Waals surface area contributed by atoms with E-state index in [-0.39, 0.29) is 11.9 Å². The van der Waals surface area contributed by atoms with Crippen LogP contribution in [0, 0.1) is 6.92 Å². The molecule has 1 atom stereocenters. The molecule has 1 saturated heterocycles. The van der Waals surface area contributed by atoms with Crippen molar-refractivity contribution in [1.29, 1.82) is 0 Å². The van der Waals surface area contributed by atoms with Crippen LogP contribution in [0.1, 0.15) is 41.9 Å². The van der Waals surface area contributed by atoms with Gasteiger partial charge in [0.05, 0.1) is 13.5 Å². The quantitative estimate of drug-likeness (QED) is 0.854. The number of pyridine rings is 1. The number of anilines is 1. The average molecular weight is 365 g/mol. The zero-order valence-electron chi connectivity index (χ0n) is 16.1. The van der Waals surface area contributed by atoms with Gasteiger partial charge in [-0.05, 0) is 54.9 Å². The summed E-state index contributed by atoms with van der Waals surface area (Å²) in [5, 5.41) is 3.19. The summed E-state index contributed by atoms with van der Waals surface area (Å²) >= 11 is 0. The average Bonchev–Trinajstić information content (AvgIpc) is 3.41. The number of hydrogen-bond donors (Lipinski definition) is 1. The molecular formula is C22H27N3O2. The lowest BCUT2D eigenvalue weighted by Gasteiger charge is -2.21. The Morgan fingerprint density at radius 2 is 2.04 bits per heavy atom. The Morgan fingerprint density at radius 3 is 2.74 bits per heavy atom. The molecule has 0 unspecified atom stereocenters. The minimum Gasteiger partial charge on any atom is -0.480 e. The van der Waals surface area contributed by atoms with Crippen LogP contribution in [0.3, 0.4) is 0 Å². The number of methoxy groups -OCH3 is 1. The second-order valence-corrected chi connectivity index (χ2v) is 7.73. The smallest absolute Gasteiger partial charge is 0.237 e. The topological polar surface area (TPSA) is 54.5 Å². The number of rotatable bonds is 6. The first-order chi connectivity index (χ1) is 13.1. The fourth-order valence-corrected chi connectivity index (χ4v) is 3.81. The maximum Gasteiger partial charge on any atom is 0.237 e. The largest absolute Gasteiger partial charge is 0.480 e. The lowest BCUT2D eigenvalue weighted by Crippen LogP contribution is -2.38. The molecule has 1 aliphatic carbocycles. The Morgan fingerprint density at radius 1 is 1.26 bits per heavy atom. The standard InChI is InChI=1S/C22H27N3O2/c1-15-11-20(22(27-2)23-13-15)25-10-9-19(14-25)24-21(26)12-16-3-5-17(6-4-16)18-7-8-18/h3-6,11,13,18-19H,7-10,12,14H2,1-2H3,(H,24,26)/t19-/m1/s1. The van der Waals surface area contributed by atoms with E-state index in [1.54, 1.807) is 7.11 Å². The number of carbonyl (C=O) groups excluding carboxylic acids is 1. The third-order valence-electron chi connectivity index (χ3n) is 5.45. The van der Waals surface area contributed by atoms with Crippen LogP contribution in [0.5, 0.6) is 5.88 Å². The number of aryl methyl sites for hydroxylation is 1. The molecule has 142 valence electrons. The number of carbonyl (C=O) groups is 1. The van der Waals surface area contributed by atoms with Gasteiger partial charge in [-0.1, -0.05) is 24.3 Å². The highest BCUT2D eigenvalue weighted by Gasteiger charge is 2.27. The molecular weight excluding hydrogens is 338 g/mol. The Labute approximate surface area is 160 Å². The Bertz CT molecular complexity index is 815. The minimum atomic E-state index is 0.0929. The molecule has 1 amide bonds. The highest BCUT2D eigenvalue weighted by Crippen LogP contribution is 2.39. The summed E-state index contributed by atoms with van der Waals surface area (Å²) in [6.07, 6.45) is 5.80. The summed E-state index contributed by atoms with van der Waals surface area (Å²) in [6.45, 7) is 3.70. The fourth-order valence-electron chi connectivity index (χ4n) is 3.81. The van der Waals surface area contributed by atoms with Crippen molar-refractivity contribution in [3.8, 4) is 5.88 Å². The molecule has 1 N–H and O–H groups in total. The molecule has 5 heteroatoms. The molecule has 1 saturated carbocycles. The van der Waals surface area contributed by atoms with E-state index in [1.807, 2.05) is 13.1 Å². The molecule has 2 fully saturated rings. The van der Waals surface area contributed by atoms with Crippen LogP contribution >= 0.6 is 0 Å². The lowest BCUT2D eigenvalue weighted by atomic mass is 10.1. The number of nitrogens with one attached hydrogen (secondary N) is 1. The van der Waals surface area contributed by atoms with Crippen molar-refractivity contribution in [3.05, 3.63) is 53.2 Å². The van der Waals surface area contributed by atoms with E-state index < -0.39 is 0 Å². The monoisotopic (exact) mass is 365 g/mol. The van der Waals surface area contributed by atoms with E-state index in [2.05, 4.69) is 45.5 Å². The van der Waals surface area contributed by atoms with Gasteiger partial charge in [-0.2, -0.15) is 0 Å². The van der Waals surface area contributed by atoms with Crippen LogP contribution in [0.25, 0.3) is 0 Å². The van der Waals surface area contributed by atoms with Crippen molar-refractivity contribution < 1.29 is 9.53 Å². The van der Waals surface area contributed by atoms with Gasteiger partial charge in [0.25, 0.3) is 0 Å². The summed E-state index contributed by atoms with van der Waals surface area (Å²) < 4.78 is 5.40. The van der Waals surface area contributed by atoms with Crippen LogP contribution in [-0.4, -0.2) is 37.1 Å². The third-order valence-corrected chi connectivity index (χ3v) is 5.45. The van der Waals surface area contributed by atoms with Gasteiger partial charge in [0.15, 0.2) is 0 Å². The normalized spacial score (nSPS) is 19.2. The molecule has 2 heterocycles. The molecule has 0 spiro atoms.